The number of aromatic carboxylic acids is 1. The summed E-state index contributed by atoms with van der Waals surface area (Å²) in [7, 11) is 1.59. The highest BCUT2D eigenvalue weighted by Gasteiger charge is 2.20. The Balaban J connectivity index is 1.73. The van der Waals surface area contributed by atoms with E-state index >= 15 is 0 Å². The quantitative estimate of drug-likeness (QED) is 0.794. The molecule has 6 heteroatoms. The highest BCUT2D eigenvalue weighted by molar-refractivity contribution is 6.01. The summed E-state index contributed by atoms with van der Waals surface area (Å²) in [5.74, 6) is 0.00418. The number of rotatable bonds is 6. The molecular weight excluding hydrogens is 356 g/mol. The number of carbonyl (C=O) groups excluding carboxylic acids is 1. The van der Waals surface area contributed by atoms with Gasteiger partial charge in [-0.3, -0.25) is 4.79 Å². The molecule has 3 rings (SSSR count). The van der Waals surface area contributed by atoms with Gasteiger partial charge in [0.2, 0.25) is 5.91 Å². The fourth-order valence-electron chi connectivity index (χ4n) is 3.56. The highest BCUT2D eigenvalue weighted by Crippen LogP contribution is 2.27. The molecule has 1 saturated heterocycles. The summed E-state index contributed by atoms with van der Waals surface area (Å²) in [5.41, 5.74) is 2.14. The normalized spacial score (nSPS) is 16.5. The molecule has 1 aliphatic heterocycles. The molecule has 0 aliphatic carbocycles. The van der Waals surface area contributed by atoms with Gasteiger partial charge in [-0.05, 0) is 54.7 Å². The highest BCUT2D eigenvalue weighted by atomic mass is 16.5. The van der Waals surface area contributed by atoms with Crippen LogP contribution in [0.15, 0.2) is 42.5 Å². The number of hydrogen-bond acceptors (Lipinski definition) is 4. The average molecular weight is 382 g/mol. The van der Waals surface area contributed by atoms with Crippen molar-refractivity contribution >= 4 is 23.3 Å². The number of anilines is 2. The molecule has 1 amide bonds. The van der Waals surface area contributed by atoms with Gasteiger partial charge >= 0.3 is 5.97 Å². The Kier molecular flexibility index (Phi) is 6.19. The van der Waals surface area contributed by atoms with Gasteiger partial charge in [-0.15, -0.1) is 0 Å². The average Bonchev–Trinajstić information content (AvgIpc) is 2.68. The van der Waals surface area contributed by atoms with Crippen LogP contribution in [0.5, 0.6) is 5.75 Å². The number of benzene rings is 2. The number of carboxylic acid groups (broad SMARTS) is 1. The first-order chi connectivity index (χ1) is 13.5. The lowest BCUT2D eigenvalue weighted by molar-refractivity contribution is -0.115. The third-order valence-corrected chi connectivity index (χ3v) is 5.05. The Morgan fingerprint density at radius 3 is 2.61 bits per heavy atom. The zero-order valence-electron chi connectivity index (χ0n) is 16.3. The number of hydrogen-bond donors (Lipinski definition) is 2. The summed E-state index contributed by atoms with van der Waals surface area (Å²) in [5, 5.41) is 12.4. The number of carbonyl (C=O) groups is 2. The summed E-state index contributed by atoms with van der Waals surface area (Å²) in [6, 6.07) is 12.4. The molecule has 2 aromatic rings. The number of nitrogens with one attached hydrogen (secondary N) is 1. The summed E-state index contributed by atoms with van der Waals surface area (Å²) in [6.07, 6.45) is 2.46. The number of ether oxygens (including phenoxy) is 1. The molecule has 1 atom stereocenters. The SMILES string of the molecule is COc1ccc(CC(=O)Nc2ccc(N3CCC[C@@H](C)C3)cc2C(=O)O)cc1. The molecule has 0 unspecified atom stereocenters. The van der Waals surface area contributed by atoms with Crippen LogP contribution in [-0.2, 0) is 11.2 Å². The van der Waals surface area contributed by atoms with Crippen molar-refractivity contribution in [3.63, 3.8) is 0 Å². The Morgan fingerprint density at radius 1 is 1.21 bits per heavy atom. The lowest BCUT2D eigenvalue weighted by atomic mass is 9.99. The van der Waals surface area contributed by atoms with Gasteiger partial charge in [0.25, 0.3) is 0 Å². The molecule has 2 N–H and O–H groups in total. The van der Waals surface area contributed by atoms with Gasteiger partial charge in [0.1, 0.15) is 5.75 Å². The summed E-state index contributed by atoms with van der Waals surface area (Å²) >= 11 is 0. The van der Waals surface area contributed by atoms with Gasteiger partial charge in [0.15, 0.2) is 0 Å². The van der Waals surface area contributed by atoms with E-state index in [1.54, 1.807) is 31.4 Å². The molecule has 2 aromatic carbocycles. The molecule has 0 aromatic heterocycles. The minimum absolute atomic E-state index is 0.110. The zero-order valence-corrected chi connectivity index (χ0v) is 16.3. The predicted octanol–water partition coefficient (Wildman–Crippen LogP) is 3.81. The lowest BCUT2D eigenvalue weighted by Crippen LogP contribution is -2.34. The topological polar surface area (TPSA) is 78.9 Å². The first-order valence-corrected chi connectivity index (χ1v) is 9.51. The maximum absolute atomic E-state index is 12.4. The second-order valence-electron chi connectivity index (χ2n) is 7.30. The first-order valence-electron chi connectivity index (χ1n) is 9.51. The van der Waals surface area contributed by atoms with Gasteiger partial charge < -0.3 is 20.1 Å². The summed E-state index contributed by atoms with van der Waals surface area (Å²) in [6.45, 7) is 4.05. The van der Waals surface area contributed by atoms with Crippen molar-refractivity contribution in [3.05, 3.63) is 53.6 Å². The van der Waals surface area contributed by atoms with E-state index in [4.69, 9.17) is 4.74 Å². The second-order valence-corrected chi connectivity index (χ2v) is 7.30. The minimum atomic E-state index is -1.05. The van der Waals surface area contributed by atoms with Crippen molar-refractivity contribution in [2.75, 3.05) is 30.4 Å². The molecule has 6 nitrogen and oxygen atoms in total. The summed E-state index contributed by atoms with van der Waals surface area (Å²) in [4.78, 5) is 26.4. The molecular formula is C22H26N2O4. The number of nitrogens with zero attached hydrogens (tertiary/aromatic N) is 1. The van der Waals surface area contributed by atoms with Crippen molar-refractivity contribution in [1.29, 1.82) is 0 Å². The number of piperidine rings is 1. The molecule has 0 bridgehead atoms. The molecule has 148 valence electrons. The Hall–Kier alpha value is -3.02. The van der Waals surface area contributed by atoms with E-state index in [9.17, 15) is 14.7 Å². The van der Waals surface area contributed by atoms with Crippen LogP contribution in [-0.4, -0.2) is 37.2 Å². The summed E-state index contributed by atoms with van der Waals surface area (Å²) < 4.78 is 5.11. The third kappa shape index (κ3) is 4.82. The van der Waals surface area contributed by atoms with Crippen LogP contribution in [0, 0.1) is 5.92 Å². The van der Waals surface area contributed by atoms with Crippen molar-refractivity contribution < 1.29 is 19.4 Å². The molecule has 0 radical (unpaired) electrons. The fraction of sp³-hybridized carbons (Fsp3) is 0.364. The van der Waals surface area contributed by atoms with E-state index in [-0.39, 0.29) is 17.9 Å². The largest absolute Gasteiger partial charge is 0.497 e. The molecule has 0 spiro atoms. The van der Waals surface area contributed by atoms with Crippen molar-refractivity contribution in [2.45, 2.75) is 26.2 Å². The number of amides is 1. The van der Waals surface area contributed by atoms with Crippen molar-refractivity contribution in [3.8, 4) is 5.75 Å². The van der Waals surface area contributed by atoms with Crippen LogP contribution >= 0.6 is 0 Å². The fourth-order valence-corrected chi connectivity index (χ4v) is 3.56. The van der Waals surface area contributed by atoms with E-state index in [2.05, 4.69) is 17.1 Å². The monoisotopic (exact) mass is 382 g/mol. The lowest BCUT2D eigenvalue weighted by Gasteiger charge is -2.33. The predicted molar refractivity (Wildman–Crippen MR) is 109 cm³/mol. The van der Waals surface area contributed by atoms with Gasteiger partial charge in [-0.2, -0.15) is 0 Å². The standard InChI is InChI=1S/C22H26N2O4/c1-15-4-3-11-24(14-15)17-7-10-20(19(13-17)22(26)27)23-21(25)12-16-5-8-18(28-2)9-6-16/h5-10,13,15H,3-4,11-12,14H2,1-2H3,(H,23,25)(H,26,27)/t15-/m1/s1. The van der Waals surface area contributed by atoms with E-state index in [1.807, 2.05) is 18.2 Å². The van der Waals surface area contributed by atoms with Crippen LogP contribution < -0.4 is 15.0 Å². The van der Waals surface area contributed by atoms with Gasteiger partial charge in [0.05, 0.1) is 24.8 Å². The zero-order chi connectivity index (χ0) is 20.1. The van der Waals surface area contributed by atoms with Crippen LogP contribution in [0.3, 0.4) is 0 Å². The van der Waals surface area contributed by atoms with E-state index in [0.717, 1.165) is 36.5 Å². The van der Waals surface area contributed by atoms with Crippen molar-refractivity contribution in [1.82, 2.24) is 0 Å². The molecule has 0 saturated carbocycles. The maximum atomic E-state index is 12.4. The van der Waals surface area contributed by atoms with Gasteiger partial charge in [-0.1, -0.05) is 19.1 Å². The number of carboxylic acids is 1. The Morgan fingerprint density at radius 2 is 1.96 bits per heavy atom. The minimum Gasteiger partial charge on any atom is -0.497 e. The molecule has 1 heterocycles. The van der Waals surface area contributed by atoms with Crippen LogP contribution in [0.4, 0.5) is 11.4 Å². The van der Waals surface area contributed by atoms with Crippen LogP contribution in [0.1, 0.15) is 35.7 Å². The van der Waals surface area contributed by atoms with Gasteiger partial charge in [-0.25, -0.2) is 4.79 Å². The Labute approximate surface area is 165 Å². The van der Waals surface area contributed by atoms with E-state index in [0.29, 0.717) is 11.6 Å². The van der Waals surface area contributed by atoms with E-state index in [1.165, 1.54) is 6.42 Å². The van der Waals surface area contributed by atoms with E-state index < -0.39 is 5.97 Å². The van der Waals surface area contributed by atoms with Crippen LogP contribution in [0.2, 0.25) is 0 Å². The second kappa shape index (κ2) is 8.78. The first kappa shape index (κ1) is 19.7. The third-order valence-electron chi connectivity index (χ3n) is 5.05. The smallest absolute Gasteiger partial charge is 0.337 e. The Bertz CT molecular complexity index is 848. The molecule has 28 heavy (non-hydrogen) atoms. The molecule has 1 fully saturated rings. The van der Waals surface area contributed by atoms with Gasteiger partial charge in [0, 0.05) is 18.8 Å². The van der Waals surface area contributed by atoms with Crippen molar-refractivity contribution in [2.24, 2.45) is 5.92 Å². The molecule has 1 aliphatic rings. The number of methoxy groups -OCH3 is 1. The maximum Gasteiger partial charge on any atom is 0.337 e. The van der Waals surface area contributed by atoms with Crippen LogP contribution in [0.25, 0.3) is 0 Å².